The summed E-state index contributed by atoms with van der Waals surface area (Å²) < 4.78 is 51.6. The van der Waals surface area contributed by atoms with Crippen molar-refractivity contribution in [3.8, 4) is 11.5 Å². The maximum atomic E-state index is 14.2. The van der Waals surface area contributed by atoms with Crippen molar-refractivity contribution in [3.63, 3.8) is 0 Å². The molecule has 44 heavy (non-hydrogen) atoms. The molecule has 3 aliphatic rings. The highest BCUT2D eigenvalue weighted by Gasteiger charge is 2.52. The topological polar surface area (TPSA) is 129 Å². The Hall–Kier alpha value is -3.61. The number of carbonyl (C=O) groups excluding carboxylic acids is 2. The smallest absolute Gasteiger partial charge is 0.416 e. The van der Waals surface area contributed by atoms with E-state index in [-0.39, 0.29) is 36.9 Å². The van der Waals surface area contributed by atoms with E-state index >= 15 is 0 Å². The lowest BCUT2D eigenvalue weighted by atomic mass is 9.76. The summed E-state index contributed by atoms with van der Waals surface area (Å²) in [4.78, 5) is 29.3. The van der Waals surface area contributed by atoms with Crippen LogP contribution in [0.15, 0.2) is 48.0 Å². The molecular formula is C32H37F3N2O7. The normalized spacial score (nSPS) is 23.5. The average molecular weight is 619 g/mol. The van der Waals surface area contributed by atoms with Crippen LogP contribution < -0.4 is 14.8 Å². The third-order valence-electron chi connectivity index (χ3n) is 8.73. The van der Waals surface area contributed by atoms with E-state index in [1.165, 1.54) is 12.0 Å². The van der Waals surface area contributed by atoms with Crippen molar-refractivity contribution in [2.24, 2.45) is 0 Å². The van der Waals surface area contributed by atoms with Gasteiger partial charge in [0.2, 0.25) is 5.91 Å². The Kier molecular flexibility index (Phi) is 9.52. The molecule has 0 saturated heterocycles. The highest BCUT2D eigenvalue weighted by atomic mass is 19.4. The van der Waals surface area contributed by atoms with Crippen LogP contribution in [0, 0.1) is 0 Å². The summed E-state index contributed by atoms with van der Waals surface area (Å²) >= 11 is 0. The average Bonchev–Trinajstić information content (AvgIpc) is 3.20. The van der Waals surface area contributed by atoms with Crippen molar-refractivity contribution < 1.29 is 47.6 Å². The van der Waals surface area contributed by atoms with Gasteiger partial charge in [0.15, 0.2) is 11.5 Å². The SMILES string of the molecule is COc1cc(CO)cc2c1OC1C2C(C(=O)NCCO)=CC(N(C(=O)c2ccc(C(F)(F)F)cc2)C2CCCCCC2)C1O. The van der Waals surface area contributed by atoms with Crippen molar-refractivity contribution in [1.29, 1.82) is 0 Å². The minimum atomic E-state index is -4.57. The standard InChI is InChI=1S/C32H37F3N2O7/c1-43-25-15-18(17-39)14-22-26-23(30(41)36-12-13-38)16-24(27(40)29(26)44-28(22)25)37(21-6-4-2-3-5-7-21)31(42)19-8-10-20(11-9-19)32(33,34)35/h8-11,14-16,21,24,26-27,29,38-40H,2-7,12-13,17H2,1H3,(H,36,41). The zero-order valence-electron chi connectivity index (χ0n) is 24.3. The second-order valence-electron chi connectivity index (χ2n) is 11.5. The molecule has 2 aromatic carbocycles. The lowest BCUT2D eigenvalue weighted by Crippen LogP contribution is -2.58. The molecule has 4 atom stereocenters. The maximum Gasteiger partial charge on any atom is 0.416 e. The number of ether oxygens (including phenoxy) is 2. The number of nitrogens with zero attached hydrogens (tertiary/aromatic N) is 1. The predicted molar refractivity (Wildman–Crippen MR) is 153 cm³/mol. The highest BCUT2D eigenvalue weighted by molar-refractivity contribution is 5.97. The molecule has 0 bridgehead atoms. The number of nitrogens with one attached hydrogen (secondary N) is 1. The van der Waals surface area contributed by atoms with Crippen LogP contribution in [0.1, 0.15) is 71.5 Å². The third-order valence-corrected chi connectivity index (χ3v) is 8.73. The van der Waals surface area contributed by atoms with Crippen LogP contribution in [0.2, 0.25) is 0 Å². The molecule has 12 heteroatoms. The van der Waals surface area contributed by atoms with E-state index in [0.29, 0.717) is 35.5 Å². The summed E-state index contributed by atoms with van der Waals surface area (Å²) in [5.41, 5.74) is 0.381. The number of aliphatic hydroxyl groups is 3. The second-order valence-corrected chi connectivity index (χ2v) is 11.5. The Morgan fingerprint density at radius 2 is 1.75 bits per heavy atom. The van der Waals surface area contributed by atoms with Crippen LogP contribution in [0.5, 0.6) is 11.5 Å². The Balaban J connectivity index is 1.61. The van der Waals surface area contributed by atoms with Crippen LogP contribution >= 0.6 is 0 Å². The first-order valence-corrected chi connectivity index (χ1v) is 14.9. The Morgan fingerprint density at radius 1 is 1.07 bits per heavy atom. The fraction of sp³-hybridized carbons (Fsp3) is 0.500. The van der Waals surface area contributed by atoms with E-state index in [1.54, 1.807) is 18.2 Å². The van der Waals surface area contributed by atoms with Gasteiger partial charge in [-0.25, -0.2) is 0 Å². The van der Waals surface area contributed by atoms with E-state index in [2.05, 4.69) is 5.32 Å². The van der Waals surface area contributed by atoms with Gasteiger partial charge < -0.3 is 35.0 Å². The highest BCUT2D eigenvalue weighted by Crippen LogP contribution is 2.52. The minimum Gasteiger partial charge on any atom is -0.493 e. The lowest BCUT2D eigenvalue weighted by molar-refractivity contribution is -0.137. The van der Waals surface area contributed by atoms with E-state index in [4.69, 9.17) is 9.47 Å². The molecule has 0 radical (unpaired) electrons. The summed E-state index contributed by atoms with van der Waals surface area (Å²) in [5, 5.41) is 33.8. The zero-order valence-corrected chi connectivity index (χ0v) is 24.3. The molecular weight excluding hydrogens is 581 g/mol. The number of rotatable bonds is 8. The molecule has 238 valence electrons. The van der Waals surface area contributed by atoms with E-state index in [0.717, 1.165) is 49.9 Å². The van der Waals surface area contributed by atoms with Gasteiger partial charge in [0, 0.05) is 29.3 Å². The number of alkyl halides is 3. The Bertz CT molecular complexity index is 1390. The molecule has 4 N–H and O–H groups in total. The van der Waals surface area contributed by atoms with E-state index < -0.39 is 47.7 Å². The summed E-state index contributed by atoms with van der Waals surface area (Å²) in [6.07, 6.45) is -0.544. The molecule has 4 unspecified atom stereocenters. The minimum absolute atomic E-state index is 0.0288. The molecule has 1 fully saturated rings. The van der Waals surface area contributed by atoms with Gasteiger partial charge >= 0.3 is 6.18 Å². The molecule has 2 amide bonds. The number of halogens is 3. The van der Waals surface area contributed by atoms with Gasteiger partial charge in [-0.1, -0.05) is 25.7 Å². The molecule has 0 aromatic heterocycles. The van der Waals surface area contributed by atoms with Crippen molar-refractivity contribution in [2.45, 2.75) is 81.5 Å². The van der Waals surface area contributed by atoms with E-state index in [9.17, 15) is 38.1 Å². The van der Waals surface area contributed by atoms with E-state index in [1.807, 2.05) is 0 Å². The van der Waals surface area contributed by atoms with Crippen LogP contribution in [0.4, 0.5) is 13.2 Å². The Morgan fingerprint density at radius 3 is 2.34 bits per heavy atom. The molecule has 5 rings (SSSR count). The number of amides is 2. The largest absolute Gasteiger partial charge is 0.493 e. The first-order chi connectivity index (χ1) is 21.1. The molecule has 9 nitrogen and oxygen atoms in total. The van der Waals surface area contributed by atoms with Crippen LogP contribution in [0.3, 0.4) is 0 Å². The molecule has 2 aliphatic carbocycles. The lowest BCUT2D eigenvalue weighted by Gasteiger charge is -2.44. The number of benzene rings is 2. The van der Waals surface area contributed by atoms with Crippen molar-refractivity contribution in [2.75, 3.05) is 20.3 Å². The van der Waals surface area contributed by atoms with Gasteiger partial charge in [-0.3, -0.25) is 9.59 Å². The monoisotopic (exact) mass is 618 g/mol. The molecule has 1 aliphatic heterocycles. The van der Waals surface area contributed by atoms with Gasteiger partial charge in [-0.05, 0) is 60.9 Å². The van der Waals surface area contributed by atoms with Crippen molar-refractivity contribution >= 4 is 11.8 Å². The number of fused-ring (bicyclic) bond motifs is 3. The summed E-state index contributed by atoms with van der Waals surface area (Å²) in [6.45, 7) is -0.653. The van der Waals surface area contributed by atoms with Crippen LogP contribution in [-0.4, -0.2) is 76.6 Å². The fourth-order valence-electron chi connectivity index (χ4n) is 6.62. The molecule has 1 saturated carbocycles. The van der Waals surface area contributed by atoms with Gasteiger partial charge in [-0.2, -0.15) is 13.2 Å². The van der Waals surface area contributed by atoms with Crippen LogP contribution in [-0.2, 0) is 17.6 Å². The predicted octanol–water partition coefficient (Wildman–Crippen LogP) is 3.69. The van der Waals surface area contributed by atoms with Crippen molar-refractivity contribution in [1.82, 2.24) is 10.2 Å². The van der Waals surface area contributed by atoms with Crippen molar-refractivity contribution in [3.05, 3.63) is 70.3 Å². The quantitative estimate of drug-likeness (QED) is 0.332. The first-order valence-electron chi connectivity index (χ1n) is 14.9. The van der Waals surface area contributed by atoms with Gasteiger partial charge in [-0.15, -0.1) is 0 Å². The summed E-state index contributed by atoms with van der Waals surface area (Å²) in [5.74, 6) is -1.27. The van der Waals surface area contributed by atoms with Crippen LogP contribution in [0.25, 0.3) is 0 Å². The summed E-state index contributed by atoms with van der Waals surface area (Å²) in [6, 6.07) is 5.86. The number of hydrogen-bond acceptors (Lipinski definition) is 7. The fourth-order valence-corrected chi connectivity index (χ4v) is 6.62. The third kappa shape index (κ3) is 6.15. The van der Waals surface area contributed by atoms with Gasteiger partial charge in [0.05, 0.1) is 37.8 Å². The Labute approximate surface area is 253 Å². The molecule has 0 spiro atoms. The zero-order chi connectivity index (χ0) is 31.6. The summed E-state index contributed by atoms with van der Waals surface area (Å²) in [7, 11) is 1.43. The first kappa shape index (κ1) is 31.8. The number of hydrogen-bond donors (Lipinski definition) is 4. The molecule has 1 heterocycles. The van der Waals surface area contributed by atoms with Gasteiger partial charge in [0.25, 0.3) is 5.91 Å². The maximum absolute atomic E-state index is 14.2. The molecule has 2 aromatic rings. The van der Waals surface area contributed by atoms with Gasteiger partial charge in [0.1, 0.15) is 12.2 Å². The second kappa shape index (κ2) is 13.2. The number of carbonyl (C=O) groups is 2. The number of aliphatic hydroxyl groups excluding tert-OH is 3. The number of methoxy groups -OCH3 is 1.